The van der Waals surface area contributed by atoms with Gasteiger partial charge in [-0.3, -0.25) is 0 Å². The molecule has 178 valence electrons. The molecule has 0 bridgehead atoms. The Labute approximate surface area is 206 Å². The first kappa shape index (κ1) is 24.4. The van der Waals surface area contributed by atoms with Crippen LogP contribution in [0.15, 0.2) is 78.9 Å². The second kappa shape index (κ2) is 9.87. The van der Waals surface area contributed by atoms with Crippen LogP contribution in [0.1, 0.15) is 31.9 Å². The van der Waals surface area contributed by atoms with E-state index in [4.69, 9.17) is 4.74 Å². The summed E-state index contributed by atoms with van der Waals surface area (Å²) < 4.78 is 7.16. The first-order chi connectivity index (χ1) is 16.1. The van der Waals surface area contributed by atoms with Gasteiger partial charge in [0.05, 0.1) is 0 Å². The zero-order chi connectivity index (χ0) is 24.3. The molecule has 0 fully saturated rings. The number of carbonyl (C=O) groups is 1. The van der Waals surface area contributed by atoms with Crippen molar-refractivity contribution in [1.82, 2.24) is 0 Å². The van der Waals surface area contributed by atoms with Crippen molar-refractivity contribution in [3.63, 3.8) is 0 Å². The molecule has 1 aliphatic rings. The van der Waals surface area contributed by atoms with E-state index in [-0.39, 0.29) is 6.09 Å². The van der Waals surface area contributed by atoms with Crippen LogP contribution in [0.2, 0.25) is 16.8 Å². The molecule has 1 heterocycles. The number of ether oxygens (including phenoxy) is 1. The van der Waals surface area contributed by atoms with Gasteiger partial charge in [-0.1, -0.05) is 0 Å². The maximum absolute atomic E-state index is 13.2. The zero-order valence-corrected chi connectivity index (χ0v) is 23.1. The molecule has 0 radical (unpaired) electrons. The number of nitrogens with zero attached hydrogens (tertiary/aromatic N) is 2. The molecular formula is C29H36GeN2O2. The molecule has 0 N–H and O–H groups in total. The van der Waals surface area contributed by atoms with Crippen molar-refractivity contribution in [2.24, 2.45) is 0 Å². The van der Waals surface area contributed by atoms with Crippen LogP contribution in [0, 0.1) is 0 Å². The van der Waals surface area contributed by atoms with Gasteiger partial charge in [-0.15, -0.1) is 0 Å². The van der Waals surface area contributed by atoms with Crippen molar-refractivity contribution in [3.8, 4) is 0 Å². The molecule has 3 aromatic rings. The van der Waals surface area contributed by atoms with Crippen LogP contribution in [-0.2, 0) is 17.8 Å². The van der Waals surface area contributed by atoms with E-state index in [9.17, 15) is 4.79 Å². The van der Waals surface area contributed by atoms with E-state index in [1.165, 1.54) is 15.5 Å². The molecule has 34 heavy (non-hydrogen) atoms. The Balaban J connectivity index is 1.73. The van der Waals surface area contributed by atoms with Crippen LogP contribution in [0.3, 0.4) is 0 Å². The molecule has 3 aromatic carbocycles. The molecule has 5 heteroatoms. The number of hydrogen-bond acceptors (Lipinski definition) is 3. The van der Waals surface area contributed by atoms with Gasteiger partial charge in [-0.25, -0.2) is 0 Å². The molecule has 1 amide bonds. The number of fused-ring (bicyclic) bond motifs is 1. The molecule has 0 aliphatic carbocycles. The summed E-state index contributed by atoms with van der Waals surface area (Å²) in [6.45, 7) is 8.10. The van der Waals surface area contributed by atoms with Gasteiger partial charge in [0, 0.05) is 0 Å². The number of anilines is 2. The fourth-order valence-corrected chi connectivity index (χ4v) is 9.73. The molecule has 0 saturated carbocycles. The van der Waals surface area contributed by atoms with Gasteiger partial charge in [0.15, 0.2) is 0 Å². The monoisotopic (exact) mass is 518 g/mol. The van der Waals surface area contributed by atoms with Crippen molar-refractivity contribution >= 4 is 35.1 Å². The number of hydrogen-bond donors (Lipinski definition) is 0. The summed E-state index contributed by atoms with van der Waals surface area (Å²) in [5, 5.41) is 1.09. The van der Waals surface area contributed by atoms with E-state index in [0.29, 0.717) is 0 Å². The molecule has 0 unspecified atom stereocenters. The predicted octanol–water partition coefficient (Wildman–Crippen LogP) is 6.56. The zero-order valence-electron chi connectivity index (χ0n) is 21.0. The van der Waals surface area contributed by atoms with Gasteiger partial charge in [0.2, 0.25) is 0 Å². The fourth-order valence-electron chi connectivity index (χ4n) is 4.51. The molecule has 0 spiro atoms. The van der Waals surface area contributed by atoms with Gasteiger partial charge in [-0.2, -0.15) is 0 Å². The fraction of sp³-hybridized carbons (Fsp3) is 0.345. The Hall–Kier alpha value is -2.73. The first-order valence-corrected chi connectivity index (χ1v) is 18.8. The van der Waals surface area contributed by atoms with Gasteiger partial charge >= 0.3 is 207 Å². The van der Waals surface area contributed by atoms with Crippen LogP contribution in [-0.4, -0.2) is 31.5 Å². The molecular weight excluding hydrogens is 481 g/mol. The average Bonchev–Trinajstić information content (AvgIpc) is 2.78. The van der Waals surface area contributed by atoms with E-state index >= 15 is 0 Å². The van der Waals surface area contributed by atoms with Crippen LogP contribution in [0.25, 0.3) is 0 Å². The summed E-state index contributed by atoms with van der Waals surface area (Å²) in [7, 11) is 0. The van der Waals surface area contributed by atoms with Crippen LogP contribution < -0.4 is 14.2 Å². The first-order valence-electron chi connectivity index (χ1n) is 12.1. The number of carbonyl (C=O) groups excluding carboxylic acids is 1. The van der Waals surface area contributed by atoms with Gasteiger partial charge in [0.25, 0.3) is 0 Å². The summed E-state index contributed by atoms with van der Waals surface area (Å²) in [5.41, 5.74) is 4.17. The summed E-state index contributed by atoms with van der Waals surface area (Å²) in [4.78, 5) is 17.4. The van der Waals surface area contributed by atoms with E-state index in [1.807, 2.05) is 25.7 Å². The Kier molecular flexibility index (Phi) is 7.08. The van der Waals surface area contributed by atoms with Crippen LogP contribution >= 0.6 is 0 Å². The molecule has 0 atom stereocenters. The predicted molar refractivity (Wildman–Crippen MR) is 145 cm³/mol. The van der Waals surface area contributed by atoms with Crippen molar-refractivity contribution in [2.75, 3.05) is 16.3 Å². The molecule has 0 saturated heterocycles. The minimum atomic E-state index is -2.20. The number of benzene rings is 3. The standard InChI is InChI=1S/C29H36GeN2O2/c1-29(2,3)34-28(33)32-19-18-30(4,5)26-17-16-25(20-27(26)32)31(21-23-12-8-6-9-13-23)22-24-14-10-7-11-15-24/h6-17,20H,18-19,21-22H2,1-5H3. The van der Waals surface area contributed by atoms with Crippen LogP contribution in [0.4, 0.5) is 16.2 Å². The average molecular weight is 517 g/mol. The second-order valence-corrected chi connectivity index (χ2v) is 20.9. The maximum atomic E-state index is 13.2. The second-order valence-electron chi connectivity index (χ2n) is 10.8. The summed E-state index contributed by atoms with van der Waals surface area (Å²) in [6.07, 6.45) is -0.249. The van der Waals surface area contributed by atoms with E-state index < -0.39 is 18.9 Å². The third kappa shape index (κ3) is 5.84. The van der Waals surface area contributed by atoms with Crippen molar-refractivity contribution < 1.29 is 9.53 Å². The Morgan fingerprint density at radius 1 is 0.912 bits per heavy atom. The quantitative estimate of drug-likeness (QED) is 0.360. The van der Waals surface area contributed by atoms with Crippen molar-refractivity contribution in [1.29, 1.82) is 0 Å². The molecule has 4 nitrogen and oxygen atoms in total. The van der Waals surface area contributed by atoms with Gasteiger partial charge in [0.1, 0.15) is 0 Å². The summed E-state index contributed by atoms with van der Waals surface area (Å²) >= 11 is -2.20. The summed E-state index contributed by atoms with van der Waals surface area (Å²) in [6, 6.07) is 27.9. The molecule has 0 aromatic heterocycles. The third-order valence-electron chi connectivity index (χ3n) is 6.37. The molecule has 1 aliphatic heterocycles. The van der Waals surface area contributed by atoms with Crippen LogP contribution in [0.5, 0.6) is 0 Å². The van der Waals surface area contributed by atoms with Crippen molar-refractivity contribution in [2.45, 2.75) is 56.2 Å². The number of amides is 1. The Morgan fingerprint density at radius 2 is 1.47 bits per heavy atom. The van der Waals surface area contributed by atoms with Gasteiger partial charge in [-0.05, 0) is 0 Å². The van der Waals surface area contributed by atoms with E-state index in [1.54, 1.807) is 0 Å². The minimum absolute atomic E-state index is 0.249. The molecule has 4 rings (SSSR count). The Bertz CT molecular complexity index is 1080. The summed E-state index contributed by atoms with van der Waals surface area (Å²) in [5.74, 6) is 4.88. The van der Waals surface area contributed by atoms with E-state index in [2.05, 4.69) is 95.3 Å². The van der Waals surface area contributed by atoms with Gasteiger partial charge < -0.3 is 0 Å². The SMILES string of the molecule is CC(C)(C)OC(=O)N1C[CH2][Ge]([CH3])([CH3])[c]2ccc(N(Cc3ccccc3)Cc3ccccc3)cc21. The van der Waals surface area contributed by atoms with Crippen molar-refractivity contribution in [3.05, 3.63) is 90.0 Å². The van der Waals surface area contributed by atoms with E-state index in [0.717, 1.165) is 36.3 Å². The Morgan fingerprint density at radius 3 is 2.00 bits per heavy atom. The number of rotatable bonds is 5. The normalized spacial score (nSPS) is 14.9. The third-order valence-corrected chi connectivity index (χ3v) is 13.4. The topological polar surface area (TPSA) is 32.8 Å².